The van der Waals surface area contributed by atoms with Gasteiger partial charge in [-0.15, -0.1) is 0 Å². The fourth-order valence-electron chi connectivity index (χ4n) is 3.46. The van der Waals surface area contributed by atoms with Gasteiger partial charge >= 0.3 is 6.18 Å². The van der Waals surface area contributed by atoms with Gasteiger partial charge < -0.3 is 15.2 Å². The highest BCUT2D eigenvalue weighted by Gasteiger charge is 2.43. The molecule has 0 saturated heterocycles. The van der Waals surface area contributed by atoms with E-state index in [4.69, 9.17) is 0 Å². The lowest BCUT2D eigenvalue weighted by atomic mass is 10.1. The molecule has 34 heavy (non-hydrogen) atoms. The van der Waals surface area contributed by atoms with Gasteiger partial charge in [-0.2, -0.15) is 13.2 Å². The van der Waals surface area contributed by atoms with E-state index in [2.05, 4.69) is 10.3 Å². The fourth-order valence-corrected chi connectivity index (χ4v) is 3.46. The topological polar surface area (TPSA) is 93.1 Å². The van der Waals surface area contributed by atoms with Crippen molar-refractivity contribution in [3.8, 4) is 0 Å². The average Bonchev–Trinajstić information content (AvgIpc) is 3.67. The van der Waals surface area contributed by atoms with E-state index in [0.717, 1.165) is 24.5 Å². The summed E-state index contributed by atoms with van der Waals surface area (Å²) in [7, 11) is 0. The molecule has 2 amide bonds. The van der Waals surface area contributed by atoms with Crippen molar-refractivity contribution >= 4 is 11.8 Å². The van der Waals surface area contributed by atoms with Gasteiger partial charge in [-0.3, -0.25) is 19.4 Å². The van der Waals surface area contributed by atoms with Crippen molar-refractivity contribution in [2.75, 3.05) is 0 Å². The number of nitrogens with one attached hydrogen (secondary N) is 2. The van der Waals surface area contributed by atoms with Crippen LogP contribution in [0.25, 0.3) is 0 Å². The lowest BCUT2D eigenvalue weighted by molar-refractivity contribution is -0.156. The Hall–Kier alpha value is -3.95. The molecule has 1 fully saturated rings. The third kappa shape index (κ3) is 5.33. The second kappa shape index (κ2) is 9.50. The van der Waals surface area contributed by atoms with Gasteiger partial charge in [0.15, 0.2) is 6.04 Å². The first kappa shape index (κ1) is 23.2. The highest BCUT2D eigenvalue weighted by molar-refractivity contribution is 5.99. The molecule has 0 radical (unpaired) electrons. The number of halogens is 3. The number of pyridine rings is 2. The monoisotopic (exact) mass is 470 g/mol. The third-order valence-electron chi connectivity index (χ3n) is 5.39. The average molecular weight is 470 g/mol. The van der Waals surface area contributed by atoms with Gasteiger partial charge in [0, 0.05) is 31.2 Å². The summed E-state index contributed by atoms with van der Waals surface area (Å²) in [5, 5.41) is 4.50. The van der Waals surface area contributed by atoms with Crippen molar-refractivity contribution in [1.29, 1.82) is 0 Å². The van der Waals surface area contributed by atoms with Crippen LogP contribution >= 0.6 is 0 Å². The summed E-state index contributed by atoms with van der Waals surface area (Å²) in [6, 6.07) is 10.5. The van der Waals surface area contributed by atoms with E-state index in [0.29, 0.717) is 0 Å². The summed E-state index contributed by atoms with van der Waals surface area (Å²) < 4.78 is 42.5. The first-order valence-electron chi connectivity index (χ1n) is 10.6. The van der Waals surface area contributed by atoms with E-state index in [-0.39, 0.29) is 18.2 Å². The molecular formula is C24H21F3N4O3. The minimum atomic E-state index is -4.84. The van der Waals surface area contributed by atoms with Crippen LogP contribution in [-0.4, -0.2) is 27.5 Å². The number of aromatic nitrogens is 2. The number of carbonyl (C=O) groups excluding carboxylic acids is 2. The molecule has 1 atom stereocenters. The molecule has 1 aromatic carbocycles. The Morgan fingerprint density at radius 2 is 1.65 bits per heavy atom. The molecule has 2 N–H and O–H groups in total. The molecule has 0 bridgehead atoms. The maximum absolute atomic E-state index is 13.7. The molecule has 7 nitrogen and oxygen atoms in total. The third-order valence-corrected chi connectivity index (χ3v) is 5.39. The number of benzene rings is 1. The largest absolute Gasteiger partial charge is 0.414 e. The predicted molar refractivity (Wildman–Crippen MR) is 117 cm³/mol. The summed E-state index contributed by atoms with van der Waals surface area (Å²) in [6.07, 6.45) is 0.427. The molecule has 2 aromatic heterocycles. The van der Waals surface area contributed by atoms with E-state index in [1.54, 1.807) is 24.3 Å². The lowest BCUT2D eigenvalue weighted by Crippen LogP contribution is -2.41. The summed E-state index contributed by atoms with van der Waals surface area (Å²) in [6.45, 7) is 0.148. The molecule has 0 aliphatic heterocycles. The van der Waals surface area contributed by atoms with Gasteiger partial charge in [0.1, 0.15) is 11.1 Å². The van der Waals surface area contributed by atoms with Crippen LogP contribution in [0, 0.1) is 0 Å². The van der Waals surface area contributed by atoms with Crippen molar-refractivity contribution in [1.82, 2.24) is 20.2 Å². The molecule has 2 heterocycles. The van der Waals surface area contributed by atoms with Crippen molar-refractivity contribution in [2.45, 2.75) is 37.6 Å². The summed E-state index contributed by atoms with van der Waals surface area (Å²) in [5.74, 6) is -1.94. The summed E-state index contributed by atoms with van der Waals surface area (Å²) in [5.41, 5.74) is -1.40. The SMILES string of the molecule is O=C(NCc1ccccc1)c1cn(C2CC2)cc(C(=O)NC(c2ccccn2)C(F)(F)F)c1=O. The van der Waals surface area contributed by atoms with Crippen LogP contribution in [-0.2, 0) is 6.54 Å². The molecule has 4 rings (SSSR count). The molecule has 1 aliphatic carbocycles. The Morgan fingerprint density at radius 3 is 2.24 bits per heavy atom. The number of carbonyl (C=O) groups is 2. The van der Waals surface area contributed by atoms with Crippen LogP contribution in [0.1, 0.15) is 56.9 Å². The molecule has 176 valence electrons. The van der Waals surface area contributed by atoms with E-state index >= 15 is 0 Å². The van der Waals surface area contributed by atoms with E-state index in [1.807, 2.05) is 11.4 Å². The quantitative estimate of drug-likeness (QED) is 0.553. The van der Waals surface area contributed by atoms with Gasteiger partial charge in [-0.1, -0.05) is 36.4 Å². The minimum Gasteiger partial charge on any atom is -0.349 e. The Morgan fingerprint density at radius 1 is 1.00 bits per heavy atom. The molecular weight excluding hydrogens is 449 g/mol. The zero-order chi connectivity index (χ0) is 24.3. The second-order valence-electron chi connectivity index (χ2n) is 7.96. The van der Waals surface area contributed by atoms with Gasteiger partial charge in [0.05, 0.1) is 5.69 Å². The van der Waals surface area contributed by atoms with Crippen molar-refractivity contribution in [3.63, 3.8) is 0 Å². The maximum Gasteiger partial charge on any atom is 0.414 e. The summed E-state index contributed by atoms with van der Waals surface area (Å²) >= 11 is 0. The van der Waals surface area contributed by atoms with E-state index < -0.39 is 40.7 Å². The number of hydrogen-bond donors (Lipinski definition) is 2. The second-order valence-corrected chi connectivity index (χ2v) is 7.96. The van der Waals surface area contributed by atoms with Crippen LogP contribution < -0.4 is 16.1 Å². The van der Waals surface area contributed by atoms with Crippen LogP contribution in [0.2, 0.25) is 0 Å². The van der Waals surface area contributed by atoms with Gasteiger partial charge in [0.2, 0.25) is 5.43 Å². The Bertz CT molecular complexity index is 1240. The summed E-state index contributed by atoms with van der Waals surface area (Å²) in [4.78, 5) is 42.3. The predicted octanol–water partition coefficient (Wildman–Crippen LogP) is 3.54. The number of alkyl halides is 3. The number of rotatable bonds is 7. The Balaban J connectivity index is 1.63. The van der Waals surface area contributed by atoms with Crippen LogP contribution in [0.5, 0.6) is 0 Å². The number of nitrogens with zero attached hydrogens (tertiary/aromatic N) is 2. The Labute approximate surface area is 192 Å². The highest BCUT2D eigenvalue weighted by Crippen LogP contribution is 2.35. The molecule has 3 aromatic rings. The first-order chi connectivity index (χ1) is 16.2. The van der Waals surface area contributed by atoms with Crippen molar-refractivity contribution < 1.29 is 22.8 Å². The van der Waals surface area contributed by atoms with Gasteiger partial charge in [-0.25, -0.2) is 0 Å². The van der Waals surface area contributed by atoms with Gasteiger partial charge in [0.25, 0.3) is 11.8 Å². The zero-order valence-electron chi connectivity index (χ0n) is 17.9. The molecule has 0 spiro atoms. The normalized spacial score (nSPS) is 14.3. The first-order valence-corrected chi connectivity index (χ1v) is 10.6. The van der Waals surface area contributed by atoms with E-state index in [9.17, 15) is 27.6 Å². The van der Waals surface area contributed by atoms with Crippen LogP contribution in [0.15, 0.2) is 71.9 Å². The highest BCUT2D eigenvalue weighted by atomic mass is 19.4. The van der Waals surface area contributed by atoms with Crippen molar-refractivity contribution in [3.05, 3.63) is 99.7 Å². The molecule has 1 saturated carbocycles. The van der Waals surface area contributed by atoms with Crippen molar-refractivity contribution in [2.24, 2.45) is 0 Å². The molecule has 10 heteroatoms. The maximum atomic E-state index is 13.7. The number of amides is 2. The smallest absolute Gasteiger partial charge is 0.349 e. The number of hydrogen-bond acceptors (Lipinski definition) is 4. The standard InChI is InChI=1S/C24H21F3N4O3/c25-24(26,27)21(19-8-4-5-11-28-19)30-23(34)18-14-31(16-9-10-16)13-17(20(18)32)22(33)29-12-15-6-2-1-3-7-15/h1-8,11,13-14,16,21H,9-10,12H2,(H,29,33)(H,30,34). The minimum absolute atomic E-state index is 0.0259. The Kier molecular flexibility index (Phi) is 6.49. The lowest BCUT2D eigenvalue weighted by Gasteiger charge is -2.21. The molecule has 1 unspecified atom stereocenters. The fraction of sp³-hybridized carbons (Fsp3) is 0.250. The van der Waals surface area contributed by atoms with Gasteiger partial charge in [-0.05, 0) is 30.5 Å². The van der Waals surface area contributed by atoms with Crippen LogP contribution in [0.4, 0.5) is 13.2 Å². The molecule has 1 aliphatic rings. The zero-order valence-corrected chi connectivity index (χ0v) is 17.9. The van der Waals surface area contributed by atoms with E-state index in [1.165, 1.54) is 35.3 Å². The van der Waals surface area contributed by atoms with Crippen LogP contribution in [0.3, 0.4) is 0 Å².